The number of Topliss-reactive ketones (excluding diaryl/α,β-unsaturated/α-hetero) is 1. The molecule has 4 aromatic rings. The maximum atomic E-state index is 14.7. The number of anilines is 1. The van der Waals surface area contributed by atoms with E-state index in [9.17, 15) is 28.6 Å². The SMILES string of the molecule is O=C1C(=O)N(c2cc(F)ccc2F)C(c2ccc(O)cc2)/C1=C(/O)c1c[nH]c2ccccc12. The Morgan fingerprint density at radius 3 is 2.45 bits per heavy atom. The lowest BCUT2D eigenvalue weighted by Gasteiger charge is -2.25. The van der Waals surface area contributed by atoms with Gasteiger partial charge in [-0.1, -0.05) is 30.3 Å². The van der Waals surface area contributed by atoms with Crippen LogP contribution in [0.1, 0.15) is 17.2 Å². The van der Waals surface area contributed by atoms with E-state index < -0.39 is 40.8 Å². The monoisotopic (exact) mass is 446 g/mol. The van der Waals surface area contributed by atoms with Crippen LogP contribution >= 0.6 is 0 Å². The number of rotatable bonds is 3. The molecule has 1 saturated heterocycles. The standard InChI is InChI=1S/C25H16F2N2O4/c26-14-7-10-18(27)20(11-14)29-22(13-5-8-15(30)9-6-13)21(24(32)25(29)33)23(31)17-12-28-19-4-2-1-3-16(17)19/h1-12,22,28,30-31H/b23-21-. The number of aromatic nitrogens is 1. The number of aliphatic hydroxyl groups is 1. The number of aliphatic hydroxyl groups excluding tert-OH is 1. The van der Waals surface area contributed by atoms with Crippen molar-refractivity contribution in [3.63, 3.8) is 0 Å². The summed E-state index contributed by atoms with van der Waals surface area (Å²) in [6.45, 7) is 0. The minimum absolute atomic E-state index is 0.0655. The average molecular weight is 446 g/mol. The molecule has 1 aliphatic heterocycles. The van der Waals surface area contributed by atoms with Gasteiger partial charge < -0.3 is 15.2 Å². The molecular formula is C25H16F2N2O4. The number of nitrogens with one attached hydrogen (secondary N) is 1. The molecule has 1 atom stereocenters. The van der Waals surface area contributed by atoms with Crippen molar-refractivity contribution in [1.29, 1.82) is 0 Å². The lowest BCUT2D eigenvalue weighted by atomic mass is 9.95. The predicted octanol–water partition coefficient (Wildman–Crippen LogP) is 4.78. The maximum Gasteiger partial charge on any atom is 0.300 e. The van der Waals surface area contributed by atoms with Gasteiger partial charge in [0, 0.05) is 28.7 Å². The van der Waals surface area contributed by atoms with Gasteiger partial charge in [-0.2, -0.15) is 0 Å². The van der Waals surface area contributed by atoms with E-state index >= 15 is 0 Å². The first-order chi connectivity index (χ1) is 15.9. The van der Waals surface area contributed by atoms with E-state index in [0.29, 0.717) is 16.5 Å². The summed E-state index contributed by atoms with van der Waals surface area (Å²) in [5.41, 5.74) is 0.585. The first-order valence-corrected chi connectivity index (χ1v) is 9.98. The van der Waals surface area contributed by atoms with E-state index in [2.05, 4.69) is 4.98 Å². The number of nitrogens with zero attached hydrogens (tertiary/aromatic N) is 1. The molecule has 1 amide bonds. The van der Waals surface area contributed by atoms with E-state index in [4.69, 9.17) is 0 Å². The Balaban J connectivity index is 1.78. The van der Waals surface area contributed by atoms with Gasteiger partial charge >= 0.3 is 0 Å². The normalized spacial score (nSPS) is 17.8. The highest BCUT2D eigenvalue weighted by Gasteiger charge is 2.48. The molecule has 33 heavy (non-hydrogen) atoms. The van der Waals surface area contributed by atoms with Crippen LogP contribution in [0, 0.1) is 11.6 Å². The van der Waals surface area contributed by atoms with Crippen LogP contribution in [0.5, 0.6) is 5.75 Å². The number of phenolic OH excluding ortho intramolecular Hbond substituents is 1. The summed E-state index contributed by atoms with van der Waals surface area (Å²) in [5.74, 6) is -4.38. The van der Waals surface area contributed by atoms with Gasteiger partial charge in [0.15, 0.2) is 0 Å². The zero-order valence-electron chi connectivity index (χ0n) is 16.9. The molecule has 3 aromatic carbocycles. The molecule has 2 heterocycles. The third-order valence-electron chi connectivity index (χ3n) is 5.67. The Morgan fingerprint density at radius 2 is 1.70 bits per heavy atom. The number of fused-ring (bicyclic) bond motifs is 1. The van der Waals surface area contributed by atoms with Gasteiger partial charge in [-0.25, -0.2) is 8.78 Å². The Labute approximate surface area is 186 Å². The lowest BCUT2D eigenvalue weighted by molar-refractivity contribution is -0.132. The zero-order valence-corrected chi connectivity index (χ0v) is 16.9. The van der Waals surface area contributed by atoms with E-state index in [1.807, 2.05) is 0 Å². The number of hydrogen-bond acceptors (Lipinski definition) is 4. The highest BCUT2D eigenvalue weighted by atomic mass is 19.1. The molecule has 5 rings (SSSR count). The van der Waals surface area contributed by atoms with E-state index in [0.717, 1.165) is 23.1 Å². The Bertz CT molecular complexity index is 1460. The number of ketones is 1. The fraction of sp³-hybridized carbons (Fsp3) is 0.0400. The second-order valence-electron chi connectivity index (χ2n) is 7.60. The van der Waals surface area contributed by atoms with Crippen molar-refractivity contribution in [2.24, 2.45) is 0 Å². The highest BCUT2D eigenvalue weighted by Crippen LogP contribution is 2.44. The highest BCUT2D eigenvalue weighted by molar-refractivity contribution is 6.51. The van der Waals surface area contributed by atoms with Crippen molar-refractivity contribution in [1.82, 2.24) is 4.98 Å². The van der Waals surface area contributed by atoms with Crippen LogP contribution in [0.2, 0.25) is 0 Å². The van der Waals surface area contributed by atoms with Gasteiger partial charge in [-0.15, -0.1) is 0 Å². The summed E-state index contributed by atoms with van der Waals surface area (Å²) in [7, 11) is 0. The summed E-state index contributed by atoms with van der Waals surface area (Å²) in [6, 6.07) is 14.0. The third-order valence-corrected chi connectivity index (χ3v) is 5.67. The summed E-state index contributed by atoms with van der Waals surface area (Å²) in [4.78, 5) is 30.0. The van der Waals surface area contributed by atoms with Crippen molar-refractivity contribution in [3.05, 3.63) is 101 Å². The third kappa shape index (κ3) is 3.23. The Hall–Kier alpha value is -4.46. The number of benzene rings is 3. The second-order valence-corrected chi connectivity index (χ2v) is 7.60. The molecule has 3 N–H and O–H groups in total. The maximum absolute atomic E-state index is 14.7. The van der Waals surface area contributed by atoms with Gasteiger partial charge in [-0.05, 0) is 35.9 Å². The van der Waals surface area contributed by atoms with Crippen molar-refractivity contribution in [2.45, 2.75) is 6.04 Å². The number of hydrogen-bond donors (Lipinski definition) is 3. The van der Waals surface area contributed by atoms with E-state index in [1.54, 1.807) is 24.3 Å². The number of para-hydroxylation sites is 1. The molecule has 1 aliphatic rings. The zero-order chi connectivity index (χ0) is 23.3. The number of carbonyl (C=O) groups is 2. The van der Waals surface area contributed by atoms with Crippen LogP contribution < -0.4 is 4.90 Å². The van der Waals surface area contributed by atoms with Gasteiger partial charge in [0.25, 0.3) is 11.7 Å². The molecule has 0 bridgehead atoms. The first kappa shape index (κ1) is 20.4. The minimum atomic E-state index is -1.25. The average Bonchev–Trinajstić information content (AvgIpc) is 3.35. The van der Waals surface area contributed by atoms with Crippen molar-refractivity contribution in [3.8, 4) is 5.75 Å². The quantitative estimate of drug-likeness (QED) is 0.240. The molecule has 8 heteroatoms. The summed E-state index contributed by atoms with van der Waals surface area (Å²) < 4.78 is 28.7. The summed E-state index contributed by atoms with van der Waals surface area (Å²) >= 11 is 0. The molecular weight excluding hydrogens is 430 g/mol. The Kier molecular flexibility index (Phi) is 4.70. The first-order valence-electron chi connectivity index (χ1n) is 9.98. The van der Waals surface area contributed by atoms with Crippen LogP contribution in [0.4, 0.5) is 14.5 Å². The van der Waals surface area contributed by atoms with Crippen molar-refractivity contribution in [2.75, 3.05) is 4.90 Å². The molecule has 1 fully saturated rings. The van der Waals surface area contributed by atoms with Crippen molar-refractivity contribution >= 4 is 34.0 Å². The van der Waals surface area contributed by atoms with E-state index in [-0.39, 0.29) is 16.9 Å². The van der Waals surface area contributed by atoms with Gasteiger partial charge in [0.1, 0.15) is 23.1 Å². The number of halogens is 2. The topological polar surface area (TPSA) is 93.6 Å². The van der Waals surface area contributed by atoms with Crippen LogP contribution in [-0.4, -0.2) is 26.9 Å². The molecule has 164 valence electrons. The van der Waals surface area contributed by atoms with Gasteiger partial charge in [0.05, 0.1) is 17.3 Å². The molecule has 6 nitrogen and oxygen atoms in total. The number of aromatic amines is 1. The molecule has 1 unspecified atom stereocenters. The number of amides is 1. The largest absolute Gasteiger partial charge is 0.508 e. The number of phenols is 1. The van der Waals surface area contributed by atoms with Gasteiger partial charge in [0.2, 0.25) is 0 Å². The summed E-state index contributed by atoms with van der Waals surface area (Å²) in [5, 5.41) is 21.5. The minimum Gasteiger partial charge on any atom is -0.508 e. The van der Waals surface area contributed by atoms with Crippen LogP contribution in [0.25, 0.3) is 16.7 Å². The Morgan fingerprint density at radius 1 is 0.970 bits per heavy atom. The van der Waals surface area contributed by atoms with Crippen molar-refractivity contribution < 1.29 is 28.6 Å². The van der Waals surface area contributed by atoms with Crippen LogP contribution in [0.3, 0.4) is 0 Å². The van der Waals surface area contributed by atoms with E-state index in [1.165, 1.54) is 30.5 Å². The second kappa shape index (κ2) is 7.59. The molecule has 0 aliphatic carbocycles. The molecule has 0 radical (unpaired) electrons. The van der Waals surface area contributed by atoms with Crippen LogP contribution in [0.15, 0.2) is 78.5 Å². The fourth-order valence-corrected chi connectivity index (χ4v) is 4.14. The molecule has 0 saturated carbocycles. The van der Waals surface area contributed by atoms with Crippen LogP contribution in [-0.2, 0) is 9.59 Å². The molecule has 0 spiro atoms. The number of H-pyrrole nitrogens is 1. The predicted molar refractivity (Wildman–Crippen MR) is 118 cm³/mol. The molecule has 1 aromatic heterocycles. The summed E-state index contributed by atoms with van der Waals surface area (Å²) in [6.07, 6.45) is 1.50. The number of aromatic hydroxyl groups is 1. The van der Waals surface area contributed by atoms with Gasteiger partial charge in [-0.3, -0.25) is 14.5 Å². The fourth-order valence-electron chi connectivity index (χ4n) is 4.14. The smallest absolute Gasteiger partial charge is 0.300 e. The number of carbonyl (C=O) groups excluding carboxylic acids is 2. The lowest BCUT2D eigenvalue weighted by Crippen LogP contribution is -2.30.